The van der Waals surface area contributed by atoms with Gasteiger partial charge in [-0.1, -0.05) is 84.5 Å². The number of amides is 12. The van der Waals surface area contributed by atoms with Crippen LogP contribution in [0.2, 0.25) is 0 Å². The number of ether oxygens (including phenoxy) is 1. The zero-order chi connectivity index (χ0) is 71.9. The molecule has 8 atom stereocenters. The van der Waals surface area contributed by atoms with Crippen molar-refractivity contribution in [2.24, 2.45) is 17.8 Å². The SMILES string of the molecule is CC[C@H](C)[C@@H]1NC(=O)[C@H](C)N(C)C(=O)C[C@@H](C(=O)N2CCCCC2)N(C)C(=O)C(C2CCCCC2)N(C)C(=O)C2(CCCC2)NC(=O)[C@@H]2CCCN2C(=O)[C@H](CCOc2ccc(C(F)(F)F)cc2)NC(=O)CN(C)C(=O)[C@H](CC2CCCCC2)N(C)C(=O)CN(C)C(=O)CN(C)C1=O. The standard InChI is InChI=1S/C70H107F3N12O13/c1-11-45(2)59-66(95)79(6)43-57(88)77(4)44-58(89)81(8)53(40-47-24-15-12-16-25-47)64(93)78(5)42-55(86)74-51(33-39-98-50-31-29-49(30-32-50)70(71,72)73)63(92)85-38-23-28-52(85)62(91)76-69(34-19-20-35-69)68(97)83(10)60(48-26-17-13-18-27-48)67(96)82(9)54(65(94)84-36-21-14-22-37-84)41-56(87)80(7)46(3)61(90)75-59/h29-32,45-48,51-54,59-60H,11-28,33-44H2,1-10H3,(H,74,86)(H,75,90)(H,76,91)/t45-,46-,51-,52-,53-,54-,59-,60?/m0/s1. The minimum absolute atomic E-state index is 0.0275. The molecule has 3 aliphatic heterocycles. The topological polar surface area (TPSA) is 279 Å². The zero-order valence-electron chi connectivity index (χ0n) is 59.3. The first-order chi connectivity index (χ1) is 46.4. The predicted molar refractivity (Wildman–Crippen MR) is 357 cm³/mol. The van der Waals surface area contributed by atoms with E-state index in [1.165, 1.54) is 75.9 Å². The summed E-state index contributed by atoms with van der Waals surface area (Å²) >= 11 is 0. The summed E-state index contributed by atoms with van der Waals surface area (Å²) in [6, 6.07) is -4.76. The normalized spacial score (nSPS) is 27.1. The molecule has 546 valence electrons. The number of likely N-dealkylation sites (N-methyl/N-ethyl adjacent to an activating group) is 7. The lowest BCUT2D eigenvalue weighted by molar-refractivity contribution is -0.157. The monoisotopic (exact) mass is 1380 g/mol. The number of carbonyl (C=O) groups excluding carboxylic acids is 12. The molecule has 3 heterocycles. The fourth-order valence-corrected chi connectivity index (χ4v) is 15.0. The highest BCUT2D eigenvalue weighted by Crippen LogP contribution is 2.38. The lowest BCUT2D eigenvalue weighted by Gasteiger charge is -2.43. The second kappa shape index (κ2) is 35.0. The molecule has 6 fully saturated rings. The lowest BCUT2D eigenvalue weighted by atomic mass is 9.81. The molecule has 12 amide bonds. The van der Waals surface area contributed by atoms with Gasteiger partial charge in [-0.2, -0.15) is 13.2 Å². The number of hydrogen-bond acceptors (Lipinski definition) is 13. The van der Waals surface area contributed by atoms with E-state index in [-0.39, 0.29) is 56.9 Å². The first kappa shape index (κ1) is 77.8. The molecule has 7 rings (SSSR count). The number of benzene rings is 1. The molecular formula is C70H107F3N12O13. The molecule has 0 aromatic heterocycles. The van der Waals surface area contributed by atoms with Crippen LogP contribution in [0.4, 0.5) is 13.2 Å². The average molecular weight is 1380 g/mol. The van der Waals surface area contributed by atoms with Crippen molar-refractivity contribution in [3.63, 3.8) is 0 Å². The fraction of sp³-hybridized carbons (Fsp3) is 0.743. The van der Waals surface area contributed by atoms with Gasteiger partial charge in [0, 0.05) is 75.4 Å². The highest BCUT2D eigenvalue weighted by Gasteiger charge is 2.51. The number of nitrogens with zero attached hydrogens (tertiary/aromatic N) is 9. The quantitative estimate of drug-likeness (QED) is 0.290. The predicted octanol–water partition coefficient (Wildman–Crippen LogP) is 4.58. The Bertz CT molecular complexity index is 3000. The first-order valence-corrected chi connectivity index (χ1v) is 35.5. The van der Waals surface area contributed by atoms with Gasteiger partial charge >= 0.3 is 6.18 Å². The van der Waals surface area contributed by atoms with Crippen LogP contribution in [0.3, 0.4) is 0 Å². The van der Waals surface area contributed by atoms with Gasteiger partial charge in [-0.3, -0.25) is 57.5 Å². The summed E-state index contributed by atoms with van der Waals surface area (Å²) in [7, 11) is 9.93. The molecule has 1 aromatic rings. The summed E-state index contributed by atoms with van der Waals surface area (Å²) in [5.74, 6) is -8.51. The third-order valence-electron chi connectivity index (χ3n) is 21.6. The summed E-state index contributed by atoms with van der Waals surface area (Å²) in [5.41, 5.74) is -2.47. The number of nitrogens with one attached hydrogen (secondary N) is 3. The second-order valence-corrected chi connectivity index (χ2v) is 28.5. The van der Waals surface area contributed by atoms with Crippen LogP contribution in [-0.4, -0.2) is 258 Å². The Labute approximate surface area is 575 Å². The number of hydrogen-bond donors (Lipinski definition) is 3. The maximum Gasteiger partial charge on any atom is 0.416 e. The van der Waals surface area contributed by atoms with E-state index >= 15 is 19.2 Å². The molecule has 1 spiro atoms. The zero-order valence-corrected chi connectivity index (χ0v) is 59.3. The third-order valence-corrected chi connectivity index (χ3v) is 21.6. The average Bonchev–Trinajstić information content (AvgIpc) is 1.39. The minimum atomic E-state index is -4.62. The second-order valence-electron chi connectivity index (χ2n) is 28.5. The molecule has 28 heteroatoms. The number of piperidine rings is 1. The van der Waals surface area contributed by atoms with Crippen molar-refractivity contribution >= 4 is 70.9 Å². The highest BCUT2D eigenvalue weighted by atomic mass is 19.4. The van der Waals surface area contributed by atoms with Gasteiger partial charge in [-0.25, -0.2) is 0 Å². The molecule has 3 saturated heterocycles. The van der Waals surface area contributed by atoms with Crippen LogP contribution in [0.1, 0.15) is 174 Å². The minimum Gasteiger partial charge on any atom is -0.494 e. The van der Waals surface area contributed by atoms with Crippen molar-refractivity contribution in [2.45, 2.75) is 222 Å². The van der Waals surface area contributed by atoms with Crippen LogP contribution in [0.5, 0.6) is 5.75 Å². The van der Waals surface area contributed by atoms with E-state index in [0.29, 0.717) is 64.5 Å². The van der Waals surface area contributed by atoms with Crippen molar-refractivity contribution in [1.82, 2.24) is 60.0 Å². The Hall–Kier alpha value is -7.55. The Morgan fingerprint density at radius 3 is 1.82 bits per heavy atom. The first-order valence-electron chi connectivity index (χ1n) is 35.5. The van der Waals surface area contributed by atoms with E-state index in [9.17, 15) is 51.5 Å². The Morgan fingerprint density at radius 2 is 1.20 bits per heavy atom. The van der Waals surface area contributed by atoms with E-state index in [1.54, 1.807) is 11.8 Å². The molecule has 1 unspecified atom stereocenters. The van der Waals surface area contributed by atoms with E-state index in [4.69, 9.17) is 4.74 Å². The van der Waals surface area contributed by atoms with Gasteiger partial charge in [-0.15, -0.1) is 0 Å². The molecule has 3 saturated carbocycles. The molecule has 3 N–H and O–H groups in total. The van der Waals surface area contributed by atoms with Gasteiger partial charge < -0.3 is 64.8 Å². The van der Waals surface area contributed by atoms with Crippen LogP contribution in [-0.2, 0) is 63.7 Å². The Kier molecular flexibility index (Phi) is 27.8. The number of carbonyl (C=O) groups is 12. The van der Waals surface area contributed by atoms with Gasteiger partial charge in [0.2, 0.25) is 70.9 Å². The van der Waals surface area contributed by atoms with Crippen molar-refractivity contribution in [3.8, 4) is 5.75 Å². The van der Waals surface area contributed by atoms with E-state index in [2.05, 4.69) is 16.0 Å². The molecule has 3 aliphatic carbocycles. The van der Waals surface area contributed by atoms with Gasteiger partial charge in [0.15, 0.2) is 0 Å². The molecule has 0 radical (unpaired) electrons. The summed E-state index contributed by atoms with van der Waals surface area (Å²) in [6.45, 7) is 3.88. The number of likely N-dealkylation sites (tertiary alicyclic amines) is 1. The smallest absolute Gasteiger partial charge is 0.416 e. The molecular weight excluding hydrogens is 1270 g/mol. The maximum atomic E-state index is 15.7. The Morgan fingerprint density at radius 1 is 0.612 bits per heavy atom. The van der Waals surface area contributed by atoms with Crippen molar-refractivity contribution in [2.75, 3.05) is 95.2 Å². The van der Waals surface area contributed by atoms with Gasteiger partial charge in [0.25, 0.3) is 0 Å². The van der Waals surface area contributed by atoms with Crippen LogP contribution >= 0.6 is 0 Å². The van der Waals surface area contributed by atoms with E-state index < -0.39 is 168 Å². The van der Waals surface area contributed by atoms with Crippen molar-refractivity contribution in [3.05, 3.63) is 29.8 Å². The summed E-state index contributed by atoms with van der Waals surface area (Å²) in [5, 5.41) is 8.63. The number of rotatable bonds is 10. The van der Waals surface area contributed by atoms with Crippen LogP contribution < -0.4 is 20.7 Å². The van der Waals surface area contributed by atoms with Gasteiger partial charge in [0.05, 0.1) is 38.2 Å². The molecule has 25 nitrogen and oxygen atoms in total. The molecule has 1 aromatic carbocycles. The van der Waals surface area contributed by atoms with Gasteiger partial charge in [-0.05, 0) is 113 Å². The van der Waals surface area contributed by atoms with Crippen molar-refractivity contribution < 1.29 is 75.4 Å². The summed E-state index contributed by atoms with van der Waals surface area (Å²) in [6.07, 6.45) is 7.25. The summed E-state index contributed by atoms with van der Waals surface area (Å²) in [4.78, 5) is 189. The molecule has 98 heavy (non-hydrogen) atoms. The van der Waals surface area contributed by atoms with Crippen LogP contribution in [0.25, 0.3) is 0 Å². The van der Waals surface area contributed by atoms with E-state index in [1.807, 2.05) is 6.92 Å². The van der Waals surface area contributed by atoms with Gasteiger partial charge in [0.1, 0.15) is 53.6 Å². The summed E-state index contributed by atoms with van der Waals surface area (Å²) < 4.78 is 46.4. The maximum absolute atomic E-state index is 15.7. The third kappa shape index (κ3) is 19.5. The largest absolute Gasteiger partial charge is 0.494 e. The van der Waals surface area contributed by atoms with Crippen molar-refractivity contribution in [1.29, 1.82) is 0 Å². The lowest BCUT2D eigenvalue weighted by Crippen LogP contribution is -2.65. The number of halogens is 3. The molecule has 6 aliphatic rings. The number of alkyl halides is 3. The molecule has 0 bridgehead atoms. The van der Waals surface area contributed by atoms with E-state index in [0.717, 1.165) is 102 Å². The number of fused-ring (bicyclic) bond motifs is 1. The highest BCUT2D eigenvalue weighted by molar-refractivity contribution is 6.00. The fourth-order valence-electron chi connectivity index (χ4n) is 15.0. The Balaban J connectivity index is 1.25. The van der Waals surface area contributed by atoms with Crippen LogP contribution in [0.15, 0.2) is 24.3 Å². The van der Waals surface area contributed by atoms with Crippen LogP contribution in [0, 0.1) is 17.8 Å².